The summed E-state index contributed by atoms with van der Waals surface area (Å²) >= 11 is 0. The Morgan fingerprint density at radius 1 is 1.00 bits per heavy atom. The van der Waals surface area contributed by atoms with E-state index in [0.29, 0.717) is 36.8 Å². The molecule has 0 bridgehead atoms. The summed E-state index contributed by atoms with van der Waals surface area (Å²) in [7, 11) is -7.27. The second-order valence-corrected chi connectivity index (χ2v) is 11.6. The van der Waals surface area contributed by atoms with Crippen molar-refractivity contribution >= 4 is 37.3 Å². The lowest BCUT2D eigenvalue weighted by Crippen LogP contribution is -2.37. The first-order valence-electron chi connectivity index (χ1n) is 10.7. The SMILES string of the molecule is CCCOc1ccc(N(CC(=O)Nc2ccc(S(=O)(=O)N3CCCC3)cc2)S(C)(=O)=O)cc1. The third-order valence-corrected chi connectivity index (χ3v) is 8.18. The van der Waals surface area contributed by atoms with Gasteiger partial charge in [0.05, 0.1) is 23.4 Å². The van der Waals surface area contributed by atoms with Crippen molar-refractivity contribution < 1.29 is 26.4 Å². The molecule has 0 saturated carbocycles. The Kier molecular flexibility index (Phi) is 7.98. The van der Waals surface area contributed by atoms with E-state index in [1.807, 2.05) is 6.92 Å². The van der Waals surface area contributed by atoms with Crippen LogP contribution in [0.25, 0.3) is 0 Å². The standard InChI is InChI=1S/C22H29N3O6S2/c1-3-16-31-20-10-8-19(9-11-20)25(32(2,27)28)17-22(26)23-18-6-12-21(13-7-18)33(29,30)24-14-4-5-15-24/h6-13H,3-5,14-17H2,1-2H3,(H,23,26). The van der Waals surface area contributed by atoms with Crippen LogP contribution in [-0.2, 0) is 24.8 Å². The number of ether oxygens (including phenoxy) is 1. The molecule has 3 rings (SSSR count). The van der Waals surface area contributed by atoms with Crippen molar-refractivity contribution in [1.29, 1.82) is 0 Å². The van der Waals surface area contributed by atoms with Crippen LogP contribution in [0, 0.1) is 0 Å². The first-order valence-corrected chi connectivity index (χ1v) is 14.0. The normalized spacial score (nSPS) is 14.7. The molecule has 2 aromatic carbocycles. The molecule has 1 fully saturated rings. The highest BCUT2D eigenvalue weighted by Crippen LogP contribution is 2.24. The quantitative estimate of drug-likeness (QED) is 0.542. The highest BCUT2D eigenvalue weighted by Gasteiger charge is 2.27. The fraction of sp³-hybridized carbons (Fsp3) is 0.409. The van der Waals surface area contributed by atoms with Gasteiger partial charge in [0.1, 0.15) is 12.3 Å². The lowest BCUT2D eigenvalue weighted by molar-refractivity contribution is -0.114. The molecule has 1 heterocycles. The van der Waals surface area contributed by atoms with Gasteiger partial charge >= 0.3 is 0 Å². The molecule has 1 N–H and O–H groups in total. The lowest BCUT2D eigenvalue weighted by atomic mass is 10.3. The number of carbonyl (C=O) groups is 1. The third-order valence-electron chi connectivity index (χ3n) is 5.13. The molecular weight excluding hydrogens is 466 g/mol. The summed E-state index contributed by atoms with van der Waals surface area (Å²) in [6.45, 7) is 3.12. The van der Waals surface area contributed by atoms with Gasteiger partial charge in [0.2, 0.25) is 26.0 Å². The number of rotatable bonds is 10. The first kappa shape index (κ1) is 25.0. The van der Waals surface area contributed by atoms with Gasteiger partial charge in [0, 0.05) is 18.8 Å². The number of hydrogen-bond donors (Lipinski definition) is 1. The monoisotopic (exact) mass is 495 g/mol. The summed E-state index contributed by atoms with van der Waals surface area (Å²) in [6, 6.07) is 12.3. The molecule has 1 aliphatic rings. The molecule has 0 spiro atoms. The van der Waals surface area contributed by atoms with E-state index in [1.54, 1.807) is 24.3 Å². The predicted octanol–water partition coefficient (Wildman–Crippen LogP) is 2.66. The second-order valence-electron chi connectivity index (χ2n) is 7.80. The van der Waals surface area contributed by atoms with Crippen LogP contribution in [0.3, 0.4) is 0 Å². The minimum atomic E-state index is -3.72. The average Bonchev–Trinajstić information content (AvgIpc) is 3.32. The number of amides is 1. The Labute approximate surface area is 195 Å². The van der Waals surface area contributed by atoms with Crippen LogP contribution < -0.4 is 14.4 Å². The van der Waals surface area contributed by atoms with Crippen LogP contribution in [0.1, 0.15) is 26.2 Å². The summed E-state index contributed by atoms with van der Waals surface area (Å²) in [5.74, 6) is 0.0596. The fourth-order valence-electron chi connectivity index (χ4n) is 3.45. The number of sulfonamides is 2. The number of anilines is 2. The van der Waals surface area contributed by atoms with Gasteiger partial charge in [-0.2, -0.15) is 4.31 Å². The molecule has 9 nitrogen and oxygen atoms in total. The smallest absolute Gasteiger partial charge is 0.245 e. The summed E-state index contributed by atoms with van der Waals surface area (Å²) in [5, 5.41) is 2.62. The van der Waals surface area contributed by atoms with Gasteiger partial charge in [-0.1, -0.05) is 6.92 Å². The van der Waals surface area contributed by atoms with E-state index < -0.39 is 32.5 Å². The topological polar surface area (TPSA) is 113 Å². The van der Waals surface area contributed by atoms with E-state index in [4.69, 9.17) is 4.74 Å². The average molecular weight is 496 g/mol. The maximum absolute atomic E-state index is 12.6. The molecule has 2 aromatic rings. The van der Waals surface area contributed by atoms with Crippen molar-refractivity contribution in [3.05, 3.63) is 48.5 Å². The molecule has 1 saturated heterocycles. The van der Waals surface area contributed by atoms with E-state index in [0.717, 1.165) is 29.8 Å². The minimum Gasteiger partial charge on any atom is -0.494 e. The lowest BCUT2D eigenvalue weighted by Gasteiger charge is -2.22. The van der Waals surface area contributed by atoms with Gasteiger partial charge in [0.25, 0.3) is 0 Å². The minimum absolute atomic E-state index is 0.158. The van der Waals surface area contributed by atoms with E-state index in [2.05, 4.69) is 5.32 Å². The Morgan fingerprint density at radius 2 is 1.61 bits per heavy atom. The van der Waals surface area contributed by atoms with Crippen LogP contribution in [-0.4, -0.2) is 59.5 Å². The number of hydrogen-bond acceptors (Lipinski definition) is 6. The summed E-state index contributed by atoms with van der Waals surface area (Å²) < 4.78 is 57.8. The van der Waals surface area contributed by atoms with E-state index in [-0.39, 0.29) is 4.90 Å². The second kappa shape index (κ2) is 10.5. The highest BCUT2D eigenvalue weighted by molar-refractivity contribution is 7.92. The van der Waals surface area contributed by atoms with Crippen LogP contribution in [0.15, 0.2) is 53.4 Å². The largest absolute Gasteiger partial charge is 0.494 e. The van der Waals surface area contributed by atoms with Crippen LogP contribution >= 0.6 is 0 Å². The Morgan fingerprint density at radius 3 is 2.15 bits per heavy atom. The van der Waals surface area contributed by atoms with E-state index >= 15 is 0 Å². The molecule has 1 aliphatic heterocycles. The Bertz CT molecular complexity index is 1160. The van der Waals surface area contributed by atoms with Gasteiger partial charge in [-0.15, -0.1) is 0 Å². The van der Waals surface area contributed by atoms with Crippen molar-refractivity contribution in [2.45, 2.75) is 31.1 Å². The molecule has 0 unspecified atom stereocenters. The van der Waals surface area contributed by atoms with Crippen molar-refractivity contribution in [2.75, 3.05) is 42.1 Å². The van der Waals surface area contributed by atoms with Crippen molar-refractivity contribution in [3.8, 4) is 5.75 Å². The first-order chi connectivity index (χ1) is 15.6. The zero-order valence-corrected chi connectivity index (χ0v) is 20.4. The van der Waals surface area contributed by atoms with Gasteiger partial charge in [-0.25, -0.2) is 16.8 Å². The zero-order chi connectivity index (χ0) is 24.1. The van der Waals surface area contributed by atoms with E-state index in [1.165, 1.54) is 28.6 Å². The van der Waals surface area contributed by atoms with Crippen molar-refractivity contribution in [2.24, 2.45) is 0 Å². The molecule has 1 amide bonds. The van der Waals surface area contributed by atoms with Crippen molar-refractivity contribution in [1.82, 2.24) is 4.31 Å². The molecular formula is C22H29N3O6S2. The highest BCUT2D eigenvalue weighted by atomic mass is 32.2. The summed E-state index contributed by atoms with van der Waals surface area (Å²) in [4.78, 5) is 12.7. The Balaban J connectivity index is 1.68. The molecule has 0 aromatic heterocycles. The number of nitrogens with zero attached hydrogens (tertiary/aromatic N) is 2. The maximum Gasteiger partial charge on any atom is 0.245 e. The maximum atomic E-state index is 12.6. The molecule has 0 radical (unpaired) electrons. The van der Waals surface area contributed by atoms with Gasteiger partial charge < -0.3 is 10.1 Å². The summed E-state index contributed by atoms with van der Waals surface area (Å²) in [6.07, 6.45) is 3.57. The number of nitrogens with one attached hydrogen (secondary N) is 1. The number of benzene rings is 2. The fourth-order valence-corrected chi connectivity index (χ4v) is 5.82. The Hall–Kier alpha value is -2.63. The molecule has 0 atom stereocenters. The number of carbonyl (C=O) groups excluding carboxylic acids is 1. The summed E-state index contributed by atoms with van der Waals surface area (Å²) in [5.41, 5.74) is 0.709. The van der Waals surface area contributed by atoms with Gasteiger partial charge in [-0.3, -0.25) is 9.10 Å². The molecule has 11 heteroatoms. The third kappa shape index (κ3) is 6.46. The van der Waals surface area contributed by atoms with Crippen LogP contribution in [0.4, 0.5) is 11.4 Å². The van der Waals surface area contributed by atoms with Crippen molar-refractivity contribution in [3.63, 3.8) is 0 Å². The van der Waals surface area contributed by atoms with Crippen LogP contribution in [0.5, 0.6) is 5.75 Å². The van der Waals surface area contributed by atoms with Gasteiger partial charge in [0.15, 0.2) is 0 Å². The molecule has 0 aliphatic carbocycles. The van der Waals surface area contributed by atoms with E-state index in [9.17, 15) is 21.6 Å². The zero-order valence-electron chi connectivity index (χ0n) is 18.7. The predicted molar refractivity (Wildman–Crippen MR) is 127 cm³/mol. The molecule has 33 heavy (non-hydrogen) atoms. The molecule has 180 valence electrons. The van der Waals surface area contributed by atoms with Crippen LogP contribution in [0.2, 0.25) is 0 Å². The van der Waals surface area contributed by atoms with Gasteiger partial charge in [-0.05, 0) is 67.8 Å².